The van der Waals surface area contributed by atoms with Crippen LogP contribution in [-0.4, -0.2) is 39.6 Å². The average Bonchev–Trinajstić information content (AvgIpc) is 2.71. The number of hydrogen-bond acceptors (Lipinski definition) is 6. The van der Waals surface area contributed by atoms with Crippen LogP contribution >= 0.6 is 0 Å². The third kappa shape index (κ3) is 4.56. The SMILES string of the molecule is CC/C=C\c1cnc(C(=O)Cc2cccc(C3(C)CC(=O)N(C)C(N)=N3)c2)cn1. The van der Waals surface area contributed by atoms with Crippen molar-refractivity contribution in [3.8, 4) is 0 Å². The molecule has 1 aliphatic heterocycles. The van der Waals surface area contributed by atoms with Crippen molar-refractivity contribution in [3.63, 3.8) is 0 Å². The number of nitrogens with zero attached hydrogens (tertiary/aromatic N) is 4. The maximum atomic E-state index is 12.6. The Morgan fingerprint density at radius 2 is 2.10 bits per heavy atom. The Balaban J connectivity index is 1.79. The van der Waals surface area contributed by atoms with Crippen LogP contribution < -0.4 is 5.73 Å². The van der Waals surface area contributed by atoms with Gasteiger partial charge in [0.05, 0.1) is 30.0 Å². The molecule has 29 heavy (non-hydrogen) atoms. The molecule has 0 aliphatic carbocycles. The van der Waals surface area contributed by atoms with E-state index >= 15 is 0 Å². The fraction of sp³-hybridized carbons (Fsp3) is 0.318. The van der Waals surface area contributed by atoms with E-state index in [0.29, 0.717) is 5.69 Å². The third-order valence-electron chi connectivity index (χ3n) is 4.97. The molecule has 7 nitrogen and oxygen atoms in total. The molecule has 1 aromatic carbocycles. The third-order valence-corrected chi connectivity index (χ3v) is 4.97. The van der Waals surface area contributed by atoms with Crippen LogP contribution in [-0.2, 0) is 16.8 Å². The minimum atomic E-state index is -0.750. The van der Waals surface area contributed by atoms with Crippen molar-refractivity contribution in [3.05, 3.63) is 65.2 Å². The first-order valence-corrected chi connectivity index (χ1v) is 9.55. The Morgan fingerprint density at radius 3 is 2.76 bits per heavy atom. The van der Waals surface area contributed by atoms with Crippen LogP contribution in [0.3, 0.4) is 0 Å². The van der Waals surface area contributed by atoms with Gasteiger partial charge in [-0.2, -0.15) is 0 Å². The molecule has 2 heterocycles. The first-order chi connectivity index (χ1) is 13.8. The number of Topliss-reactive ketones (excluding diaryl/α,β-unsaturated/α-hetero) is 1. The number of aliphatic imine (C=N–C) groups is 1. The molecule has 150 valence electrons. The lowest BCUT2D eigenvalue weighted by Gasteiger charge is -2.33. The van der Waals surface area contributed by atoms with Gasteiger partial charge < -0.3 is 5.73 Å². The van der Waals surface area contributed by atoms with Crippen LogP contribution in [0.1, 0.15) is 54.0 Å². The van der Waals surface area contributed by atoms with Crippen molar-refractivity contribution in [2.24, 2.45) is 10.7 Å². The Hall–Kier alpha value is -3.35. The number of carbonyl (C=O) groups excluding carboxylic acids is 2. The Labute approximate surface area is 170 Å². The zero-order chi connectivity index (χ0) is 21.0. The average molecular weight is 391 g/mol. The van der Waals surface area contributed by atoms with E-state index in [1.54, 1.807) is 13.2 Å². The van der Waals surface area contributed by atoms with Gasteiger partial charge in [-0.25, -0.2) is 9.98 Å². The Kier molecular flexibility index (Phi) is 5.87. The van der Waals surface area contributed by atoms with Gasteiger partial charge in [0.25, 0.3) is 0 Å². The fourth-order valence-corrected chi connectivity index (χ4v) is 3.17. The van der Waals surface area contributed by atoms with Crippen molar-refractivity contribution >= 4 is 23.7 Å². The molecule has 1 atom stereocenters. The number of allylic oxidation sites excluding steroid dienone is 1. The summed E-state index contributed by atoms with van der Waals surface area (Å²) in [7, 11) is 1.61. The van der Waals surface area contributed by atoms with Gasteiger partial charge in [-0.05, 0) is 30.5 Å². The smallest absolute Gasteiger partial charge is 0.231 e. The van der Waals surface area contributed by atoms with Crippen molar-refractivity contribution in [2.75, 3.05) is 7.05 Å². The number of benzene rings is 1. The Bertz CT molecular complexity index is 981. The maximum absolute atomic E-state index is 12.6. The van der Waals surface area contributed by atoms with Gasteiger partial charge in [0.1, 0.15) is 5.69 Å². The van der Waals surface area contributed by atoms with Crippen LogP contribution in [0.4, 0.5) is 0 Å². The molecule has 0 fully saturated rings. The number of rotatable bonds is 6. The minimum Gasteiger partial charge on any atom is -0.369 e. The second-order valence-corrected chi connectivity index (χ2v) is 7.31. The molecule has 2 aromatic rings. The topological polar surface area (TPSA) is 102 Å². The first-order valence-electron chi connectivity index (χ1n) is 9.55. The van der Waals surface area contributed by atoms with Crippen LogP contribution in [0.15, 0.2) is 47.7 Å². The summed E-state index contributed by atoms with van der Waals surface area (Å²) in [5, 5.41) is 0. The summed E-state index contributed by atoms with van der Waals surface area (Å²) in [5.74, 6) is -0.0139. The number of carbonyl (C=O) groups is 2. The van der Waals surface area contributed by atoms with Crippen molar-refractivity contribution < 1.29 is 9.59 Å². The molecule has 0 saturated heterocycles. The molecule has 2 N–H and O–H groups in total. The van der Waals surface area contributed by atoms with E-state index in [4.69, 9.17) is 5.73 Å². The van der Waals surface area contributed by atoms with Gasteiger partial charge in [0, 0.05) is 13.5 Å². The zero-order valence-corrected chi connectivity index (χ0v) is 16.9. The molecular weight excluding hydrogens is 366 g/mol. The molecule has 7 heteroatoms. The van der Waals surface area contributed by atoms with E-state index in [-0.39, 0.29) is 30.5 Å². The molecule has 0 saturated carbocycles. The lowest BCUT2D eigenvalue weighted by atomic mass is 9.86. The monoisotopic (exact) mass is 391 g/mol. The van der Waals surface area contributed by atoms with E-state index in [9.17, 15) is 9.59 Å². The van der Waals surface area contributed by atoms with Crippen LogP contribution in [0.5, 0.6) is 0 Å². The normalized spacial score (nSPS) is 19.5. The molecule has 1 unspecified atom stereocenters. The van der Waals surface area contributed by atoms with Gasteiger partial charge in [0.15, 0.2) is 11.7 Å². The molecule has 0 radical (unpaired) electrons. The number of hydrogen-bond donors (Lipinski definition) is 1. The van der Waals surface area contributed by atoms with E-state index in [2.05, 4.69) is 15.0 Å². The second kappa shape index (κ2) is 8.34. The van der Waals surface area contributed by atoms with Gasteiger partial charge >= 0.3 is 0 Å². The maximum Gasteiger partial charge on any atom is 0.231 e. The van der Waals surface area contributed by atoms with Crippen molar-refractivity contribution in [1.82, 2.24) is 14.9 Å². The lowest BCUT2D eigenvalue weighted by molar-refractivity contribution is -0.128. The van der Waals surface area contributed by atoms with E-state index in [0.717, 1.165) is 23.2 Å². The highest BCUT2D eigenvalue weighted by Gasteiger charge is 2.36. The number of amides is 1. The number of guanidine groups is 1. The highest BCUT2D eigenvalue weighted by molar-refractivity contribution is 5.99. The summed E-state index contributed by atoms with van der Waals surface area (Å²) in [5.41, 5.74) is 7.87. The zero-order valence-electron chi connectivity index (χ0n) is 16.9. The minimum absolute atomic E-state index is 0.0889. The fourth-order valence-electron chi connectivity index (χ4n) is 3.17. The molecule has 1 aromatic heterocycles. The van der Waals surface area contributed by atoms with Gasteiger partial charge in [-0.15, -0.1) is 0 Å². The molecule has 3 rings (SSSR count). The van der Waals surface area contributed by atoms with Crippen molar-refractivity contribution in [1.29, 1.82) is 0 Å². The molecular formula is C22H25N5O2. The summed E-state index contributed by atoms with van der Waals surface area (Å²) in [6.07, 6.45) is 8.29. The summed E-state index contributed by atoms with van der Waals surface area (Å²) < 4.78 is 0. The van der Waals surface area contributed by atoms with Gasteiger partial charge in [-0.1, -0.05) is 37.3 Å². The largest absolute Gasteiger partial charge is 0.369 e. The summed E-state index contributed by atoms with van der Waals surface area (Å²) in [4.78, 5) is 39.2. The van der Waals surface area contributed by atoms with Crippen LogP contribution in [0.2, 0.25) is 0 Å². The first kappa shape index (κ1) is 20.4. The summed E-state index contributed by atoms with van der Waals surface area (Å²) >= 11 is 0. The highest BCUT2D eigenvalue weighted by atomic mass is 16.2. The summed E-state index contributed by atoms with van der Waals surface area (Å²) in [6, 6.07) is 7.54. The molecule has 0 bridgehead atoms. The van der Waals surface area contributed by atoms with E-state index in [1.807, 2.05) is 50.3 Å². The lowest BCUT2D eigenvalue weighted by Crippen LogP contribution is -2.47. The number of aromatic nitrogens is 2. The van der Waals surface area contributed by atoms with Gasteiger partial charge in [-0.3, -0.25) is 19.5 Å². The molecule has 1 amide bonds. The van der Waals surface area contributed by atoms with E-state index < -0.39 is 5.54 Å². The Morgan fingerprint density at radius 1 is 1.31 bits per heavy atom. The van der Waals surface area contributed by atoms with Crippen LogP contribution in [0.25, 0.3) is 6.08 Å². The second-order valence-electron chi connectivity index (χ2n) is 7.31. The quantitative estimate of drug-likeness (QED) is 0.763. The number of nitrogens with two attached hydrogens (primary N) is 1. The highest BCUT2D eigenvalue weighted by Crippen LogP contribution is 2.33. The number of ketones is 1. The standard InChI is InChI=1S/C22H25N5O2/c1-4-5-9-17-13-25-18(14-24-17)19(28)11-15-7-6-8-16(10-15)22(2)12-20(29)27(3)21(23)26-22/h5-10,13-14H,4,11-12H2,1-3H3,(H2,23,26)/b9-5-. The molecule has 1 aliphatic rings. The predicted molar refractivity (Wildman–Crippen MR) is 112 cm³/mol. The van der Waals surface area contributed by atoms with Crippen molar-refractivity contribution in [2.45, 2.75) is 38.6 Å². The van der Waals surface area contributed by atoms with Gasteiger partial charge in [0.2, 0.25) is 5.91 Å². The summed E-state index contributed by atoms with van der Waals surface area (Å²) in [6.45, 7) is 3.91. The van der Waals surface area contributed by atoms with E-state index in [1.165, 1.54) is 11.1 Å². The molecule has 0 spiro atoms. The van der Waals surface area contributed by atoms with Crippen LogP contribution in [0, 0.1) is 0 Å². The predicted octanol–water partition coefficient (Wildman–Crippen LogP) is 2.72.